The summed E-state index contributed by atoms with van der Waals surface area (Å²) in [6.45, 7) is 8.61. The van der Waals surface area contributed by atoms with E-state index in [0.29, 0.717) is 5.41 Å². The fourth-order valence-corrected chi connectivity index (χ4v) is 3.81. The molecule has 1 aliphatic carbocycles. The molecule has 2 rings (SSSR count). The second-order valence-corrected chi connectivity index (χ2v) is 7.34. The van der Waals surface area contributed by atoms with Gasteiger partial charge < -0.3 is 20.1 Å². The van der Waals surface area contributed by atoms with Crippen LogP contribution in [0.15, 0.2) is 4.99 Å². The number of hydrogen-bond donors (Lipinski definition) is 2. The van der Waals surface area contributed by atoms with E-state index in [1.807, 2.05) is 7.05 Å². The number of aliphatic imine (C=N–C) groups is 1. The summed E-state index contributed by atoms with van der Waals surface area (Å²) in [5.41, 5.74) is 0.332. The zero-order chi connectivity index (χ0) is 16.6. The van der Waals surface area contributed by atoms with Gasteiger partial charge in [-0.25, -0.2) is 0 Å². The van der Waals surface area contributed by atoms with Gasteiger partial charge in [0.15, 0.2) is 5.96 Å². The molecule has 0 bridgehead atoms. The maximum Gasteiger partial charge on any atom is 0.191 e. The van der Waals surface area contributed by atoms with Gasteiger partial charge in [0, 0.05) is 40.0 Å². The van der Waals surface area contributed by atoms with E-state index in [2.05, 4.69) is 29.5 Å². The third-order valence-electron chi connectivity index (χ3n) is 5.43. The summed E-state index contributed by atoms with van der Waals surface area (Å²) in [7, 11) is 1.84. The Morgan fingerprint density at radius 2 is 1.87 bits per heavy atom. The van der Waals surface area contributed by atoms with E-state index in [4.69, 9.17) is 9.47 Å². The molecule has 1 atom stereocenters. The predicted molar refractivity (Wildman–Crippen MR) is 95.0 cm³/mol. The average molecular weight is 325 g/mol. The van der Waals surface area contributed by atoms with Gasteiger partial charge in [0.1, 0.15) is 0 Å². The van der Waals surface area contributed by atoms with Crippen LogP contribution in [0, 0.1) is 5.41 Å². The van der Waals surface area contributed by atoms with Crippen LogP contribution in [0.1, 0.15) is 58.8 Å². The Labute approximate surface area is 141 Å². The van der Waals surface area contributed by atoms with E-state index in [-0.39, 0.29) is 5.60 Å². The van der Waals surface area contributed by atoms with E-state index >= 15 is 0 Å². The van der Waals surface area contributed by atoms with E-state index < -0.39 is 0 Å². The van der Waals surface area contributed by atoms with Crippen molar-refractivity contribution in [2.45, 2.75) is 64.4 Å². The van der Waals surface area contributed by atoms with Crippen LogP contribution in [0.4, 0.5) is 0 Å². The lowest BCUT2D eigenvalue weighted by Crippen LogP contribution is -2.48. The first-order valence-corrected chi connectivity index (χ1v) is 9.28. The van der Waals surface area contributed by atoms with Gasteiger partial charge in [-0.15, -0.1) is 0 Å². The molecule has 0 radical (unpaired) electrons. The Morgan fingerprint density at radius 1 is 1.13 bits per heavy atom. The van der Waals surface area contributed by atoms with E-state index in [9.17, 15) is 0 Å². The van der Waals surface area contributed by atoms with Gasteiger partial charge in [0.25, 0.3) is 0 Å². The van der Waals surface area contributed by atoms with Crippen molar-refractivity contribution in [1.29, 1.82) is 0 Å². The van der Waals surface area contributed by atoms with Crippen molar-refractivity contribution in [3.8, 4) is 0 Å². The minimum Gasteiger partial charge on any atom is -0.382 e. The molecule has 2 fully saturated rings. The van der Waals surface area contributed by atoms with Gasteiger partial charge in [-0.05, 0) is 51.4 Å². The fraction of sp³-hybridized carbons (Fsp3) is 0.944. The zero-order valence-corrected chi connectivity index (χ0v) is 15.2. The zero-order valence-electron chi connectivity index (χ0n) is 15.2. The maximum atomic E-state index is 5.84. The molecule has 5 nitrogen and oxygen atoms in total. The summed E-state index contributed by atoms with van der Waals surface area (Å²) in [4.78, 5) is 4.38. The molecular weight excluding hydrogens is 290 g/mol. The molecule has 5 heteroatoms. The Balaban J connectivity index is 1.78. The summed E-state index contributed by atoms with van der Waals surface area (Å²) < 4.78 is 11.4. The van der Waals surface area contributed by atoms with Gasteiger partial charge in [-0.3, -0.25) is 4.99 Å². The molecule has 0 spiro atoms. The molecule has 0 aromatic carbocycles. The predicted octanol–water partition coefficient (Wildman–Crippen LogP) is 2.71. The number of ether oxygens (including phenoxy) is 2. The van der Waals surface area contributed by atoms with Crippen LogP contribution in [0.25, 0.3) is 0 Å². The lowest BCUT2D eigenvalue weighted by molar-refractivity contribution is 0.0242. The Morgan fingerprint density at radius 3 is 2.48 bits per heavy atom. The van der Waals surface area contributed by atoms with E-state index in [0.717, 1.165) is 58.1 Å². The molecule has 0 aromatic rings. The van der Waals surface area contributed by atoms with Gasteiger partial charge in [0.05, 0.1) is 5.60 Å². The first-order chi connectivity index (χ1) is 11.1. The second kappa shape index (κ2) is 8.88. The summed E-state index contributed by atoms with van der Waals surface area (Å²) in [6.07, 6.45) is 8.69. The average Bonchev–Trinajstić information content (AvgIpc) is 3.18. The summed E-state index contributed by atoms with van der Waals surface area (Å²) >= 11 is 0. The van der Waals surface area contributed by atoms with Crippen LogP contribution in [0.5, 0.6) is 0 Å². The van der Waals surface area contributed by atoms with Crippen LogP contribution < -0.4 is 10.6 Å². The Hall–Kier alpha value is -0.810. The van der Waals surface area contributed by atoms with Crippen molar-refractivity contribution in [3.63, 3.8) is 0 Å². The third kappa shape index (κ3) is 5.64. The van der Waals surface area contributed by atoms with Crippen molar-refractivity contribution in [1.82, 2.24) is 10.6 Å². The van der Waals surface area contributed by atoms with Crippen LogP contribution in [-0.4, -0.2) is 51.5 Å². The quantitative estimate of drug-likeness (QED) is 0.409. The molecule has 2 N–H and O–H groups in total. The van der Waals surface area contributed by atoms with Gasteiger partial charge in [-0.1, -0.05) is 12.8 Å². The SMILES string of the molecule is CCOCCC1(CNC(=NC)NCC2(C)CCCO2)CCCC1. The normalized spacial score (nSPS) is 27.3. The highest BCUT2D eigenvalue weighted by atomic mass is 16.5. The van der Waals surface area contributed by atoms with Crippen LogP contribution in [0.3, 0.4) is 0 Å². The Kier molecular flexibility index (Phi) is 7.15. The number of guanidine groups is 1. The molecule has 1 saturated heterocycles. The largest absolute Gasteiger partial charge is 0.382 e. The van der Waals surface area contributed by atoms with Crippen LogP contribution >= 0.6 is 0 Å². The number of hydrogen-bond acceptors (Lipinski definition) is 3. The topological polar surface area (TPSA) is 54.9 Å². The fourth-order valence-electron chi connectivity index (χ4n) is 3.81. The van der Waals surface area contributed by atoms with Gasteiger partial charge >= 0.3 is 0 Å². The summed E-state index contributed by atoms with van der Waals surface area (Å²) in [5.74, 6) is 0.893. The molecule has 1 aliphatic heterocycles. The van der Waals surface area contributed by atoms with E-state index in [1.165, 1.54) is 25.7 Å². The minimum atomic E-state index is -0.0440. The van der Waals surface area contributed by atoms with Crippen molar-refractivity contribution >= 4 is 5.96 Å². The standard InChI is InChI=1S/C18H35N3O2/c1-4-22-13-11-18(9-5-6-10-18)15-21-16(19-3)20-14-17(2)8-7-12-23-17/h4-15H2,1-3H3,(H2,19,20,21). The first kappa shape index (κ1) is 18.5. The van der Waals surface area contributed by atoms with Gasteiger partial charge in [0.2, 0.25) is 0 Å². The molecule has 1 heterocycles. The van der Waals surface area contributed by atoms with Crippen LogP contribution in [0.2, 0.25) is 0 Å². The third-order valence-corrected chi connectivity index (χ3v) is 5.43. The summed E-state index contributed by atoms with van der Waals surface area (Å²) in [5, 5.41) is 6.99. The summed E-state index contributed by atoms with van der Waals surface area (Å²) in [6, 6.07) is 0. The monoisotopic (exact) mass is 325 g/mol. The highest BCUT2D eigenvalue weighted by Crippen LogP contribution is 2.40. The molecule has 134 valence electrons. The number of nitrogens with one attached hydrogen (secondary N) is 2. The number of nitrogens with zero attached hydrogens (tertiary/aromatic N) is 1. The highest BCUT2D eigenvalue weighted by Gasteiger charge is 2.34. The lowest BCUT2D eigenvalue weighted by Gasteiger charge is -2.31. The second-order valence-electron chi connectivity index (χ2n) is 7.34. The Bertz CT molecular complexity index is 372. The molecule has 23 heavy (non-hydrogen) atoms. The molecule has 2 aliphatic rings. The van der Waals surface area contributed by atoms with Crippen molar-refractivity contribution in [3.05, 3.63) is 0 Å². The molecular formula is C18H35N3O2. The first-order valence-electron chi connectivity index (χ1n) is 9.28. The smallest absolute Gasteiger partial charge is 0.191 e. The highest BCUT2D eigenvalue weighted by molar-refractivity contribution is 5.79. The molecule has 0 amide bonds. The molecule has 1 saturated carbocycles. The molecule has 0 aromatic heterocycles. The van der Waals surface area contributed by atoms with Crippen molar-refractivity contribution < 1.29 is 9.47 Å². The maximum absolute atomic E-state index is 5.84. The van der Waals surface area contributed by atoms with Crippen LogP contribution in [-0.2, 0) is 9.47 Å². The lowest BCUT2D eigenvalue weighted by atomic mass is 9.83. The molecule has 1 unspecified atom stereocenters. The number of rotatable bonds is 8. The van der Waals surface area contributed by atoms with Crippen molar-refractivity contribution in [2.24, 2.45) is 10.4 Å². The van der Waals surface area contributed by atoms with E-state index in [1.54, 1.807) is 0 Å². The minimum absolute atomic E-state index is 0.0440. The van der Waals surface area contributed by atoms with Gasteiger partial charge in [-0.2, -0.15) is 0 Å². The van der Waals surface area contributed by atoms with Crippen molar-refractivity contribution in [2.75, 3.05) is 40.0 Å².